The van der Waals surface area contributed by atoms with Gasteiger partial charge < -0.3 is 4.74 Å². The number of halogens is 4. The summed E-state index contributed by atoms with van der Waals surface area (Å²) in [5, 5.41) is 0. The van der Waals surface area contributed by atoms with Gasteiger partial charge in [0, 0.05) is 5.56 Å². The van der Waals surface area contributed by atoms with Gasteiger partial charge in [-0.15, -0.1) is 0 Å². The molecule has 1 atom stereocenters. The first-order valence-electron chi connectivity index (χ1n) is 7.61. The smallest absolute Gasteiger partial charge is 0.204 e. The van der Waals surface area contributed by atoms with Gasteiger partial charge in [-0.2, -0.15) is 4.39 Å². The summed E-state index contributed by atoms with van der Waals surface area (Å²) in [5.41, 5.74) is -0.242. The maximum Gasteiger partial charge on any atom is 0.204 e. The molecule has 0 heterocycles. The van der Waals surface area contributed by atoms with Gasteiger partial charge in [0.15, 0.2) is 17.4 Å². The Bertz CT molecular complexity index is 567. The second-order valence-electron chi connectivity index (χ2n) is 5.87. The molecule has 0 spiro atoms. The highest BCUT2D eigenvalue weighted by Crippen LogP contribution is 2.37. The molecule has 0 amide bonds. The van der Waals surface area contributed by atoms with E-state index in [1.807, 2.05) is 6.08 Å². The van der Waals surface area contributed by atoms with Gasteiger partial charge >= 0.3 is 0 Å². The summed E-state index contributed by atoms with van der Waals surface area (Å²) in [7, 11) is 0. The molecule has 2 rings (SSSR count). The van der Waals surface area contributed by atoms with E-state index in [1.165, 1.54) is 0 Å². The number of rotatable bonds is 3. The summed E-state index contributed by atoms with van der Waals surface area (Å²) in [6, 6.07) is 0. The molecular formula is C17H20F4O. The number of hydrogen-bond donors (Lipinski definition) is 0. The van der Waals surface area contributed by atoms with E-state index < -0.39 is 34.9 Å². The van der Waals surface area contributed by atoms with Crippen molar-refractivity contribution in [3.05, 3.63) is 41.0 Å². The van der Waals surface area contributed by atoms with Crippen LogP contribution in [0.25, 0.3) is 0 Å². The van der Waals surface area contributed by atoms with Crippen molar-refractivity contribution in [1.82, 2.24) is 0 Å². The Morgan fingerprint density at radius 2 is 1.55 bits per heavy atom. The summed E-state index contributed by atoms with van der Waals surface area (Å²) >= 11 is 0. The second-order valence-corrected chi connectivity index (χ2v) is 5.87. The normalized spacial score (nSPS) is 20.6. The molecule has 0 N–H and O–H groups in total. The van der Waals surface area contributed by atoms with E-state index in [4.69, 9.17) is 4.74 Å². The van der Waals surface area contributed by atoms with Crippen LogP contribution in [-0.2, 0) is 0 Å². The maximum atomic E-state index is 14.1. The molecule has 0 fully saturated rings. The summed E-state index contributed by atoms with van der Waals surface area (Å²) in [4.78, 5) is 0. The summed E-state index contributed by atoms with van der Waals surface area (Å²) in [6.07, 6.45) is 7.57. The van der Waals surface area contributed by atoms with Crippen molar-refractivity contribution in [1.29, 1.82) is 0 Å². The zero-order chi connectivity index (χ0) is 16.3. The predicted octanol–water partition coefficient (Wildman–Crippen LogP) is 5.63. The molecule has 122 valence electrons. The lowest BCUT2D eigenvalue weighted by Gasteiger charge is -2.23. The quantitative estimate of drug-likeness (QED) is 0.304. The van der Waals surface area contributed by atoms with E-state index in [0.29, 0.717) is 12.8 Å². The van der Waals surface area contributed by atoms with Crippen molar-refractivity contribution in [3.8, 4) is 5.75 Å². The highest BCUT2D eigenvalue weighted by atomic mass is 19.2. The molecule has 1 aromatic carbocycles. The summed E-state index contributed by atoms with van der Waals surface area (Å²) < 4.78 is 60.6. The Labute approximate surface area is 128 Å². The number of benzene rings is 1. The van der Waals surface area contributed by atoms with Gasteiger partial charge in [-0.05, 0) is 38.0 Å². The van der Waals surface area contributed by atoms with Crippen LogP contribution >= 0.6 is 0 Å². The third-order valence-corrected chi connectivity index (χ3v) is 3.84. The maximum absolute atomic E-state index is 14.1. The minimum atomic E-state index is -1.82. The molecule has 1 aliphatic carbocycles. The molecule has 1 nitrogen and oxygen atoms in total. The second kappa shape index (κ2) is 7.16. The molecule has 1 aromatic rings. The summed E-state index contributed by atoms with van der Waals surface area (Å²) in [5.74, 6) is -7.42. The van der Waals surface area contributed by atoms with Crippen molar-refractivity contribution >= 4 is 0 Å². The fraction of sp³-hybridized carbons (Fsp3) is 0.529. The van der Waals surface area contributed by atoms with Crippen molar-refractivity contribution < 1.29 is 22.3 Å². The van der Waals surface area contributed by atoms with Gasteiger partial charge in [0.1, 0.15) is 0 Å². The van der Waals surface area contributed by atoms with Crippen molar-refractivity contribution in [3.63, 3.8) is 0 Å². The lowest BCUT2D eigenvalue weighted by atomic mass is 9.99. The van der Waals surface area contributed by atoms with Crippen LogP contribution in [-0.4, -0.2) is 6.10 Å². The lowest BCUT2D eigenvalue weighted by molar-refractivity contribution is 0.163. The highest BCUT2D eigenvalue weighted by molar-refractivity contribution is 5.40. The SMILES string of the molecule is CC(C)c1c(F)c(F)c(F)c(F)c1OC1CC/C=C\CCC1. The Hall–Kier alpha value is -1.52. The van der Waals surface area contributed by atoms with Crippen molar-refractivity contribution in [2.75, 3.05) is 0 Å². The first-order chi connectivity index (χ1) is 10.4. The third-order valence-electron chi connectivity index (χ3n) is 3.84. The van der Waals surface area contributed by atoms with Crippen LogP contribution in [0.3, 0.4) is 0 Å². The molecule has 0 saturated carbocycles. The van der Waals surface area contributed by atoms with Gasteiger partial charge in [0.25, 0.3) is 0 Å². The minimum absolute atomic E-state index is 0.242. The van der Waals surface area contributed by atoms with Crippen molar-refractivity contribution in [2.45, 2.75) is 58.0 Å². The largest absolute Gasteiger partial charge is 0.487 e. The molecule has 5 heteroatoms. The average molecular weight is 316 g/mol. The van der Waals surface area contributed by atoms with Crippen LogP contribution in [0.2, 0.25) is 0 Å². The molecule has 0 saturated heterocycles. The topological polar surface area (TPSA) is 9.23 Å². The fourth-order valence-electron chi connectivity index (χ4n) is 2.67. The molecular weight excluding hydrogens is 296 g/mol. The number of ether oxygens (including phenoxy) is 1. The van der Waals surface area contributed by atoms with E-state index in [-0.39, 0.29) is 11.7 Å². The fourth-order valence-corrected chi connectivity index (χ4v) is 2.67. The predicted molar refractivity (Wildman–Crippen MR) is 77.0 cm³/mol. The van der Waals surface area contributed by atoms with Crippen molar-refractivity contribution in [2.24, 2.45) is 0 Å². The monoisotopic (exact) mass is 316 g/mol. The third kappa shape index (κ3) is 3.45. The van der Waals surface area contributed by atoms with Gasteiger partial charge in [-0.25, -0.2) is 13.2 Å². The van der Waals surface area contributed by atoms with E-state index in [1.54, 1.807) is 13.8 Å². The molecule has 0 aromatic heterocycles. The summed E-state index contributed by atoms with van der Waals surface area (Å²) in [6.45, 7) is 3.17. The first-order valence-corrected chi connectivity index (χ1v) is 7.61. The van der Waals surface area contributed by atoms with Gasteiger partial charge in [-0.1, -0.05) is 26.0 Å². The Kier molecular flexibility index (Phi) is 5.48. The van der Waals surface area contributed by atoms with Crippen LogP contribution < -0.4 is 4.74 Å². The van der Waals surface area contributed by atoms with Crippen LogP contribution in [0, 0.1) is 23.3 Å². The molecule has 1 unspecified atom stereocenters. The Morgan fingerprint density at radius 3 is 2.23 bits per heavy atom. The molecule has 1 aliphatic rings. The van der Waals surface area contributed by atoms with E-state index in [9.17, 15) is 17.6 Å². The van der Waals surface area contributed by atoms with Crippen LogP contribution in [0.5, 0.6) is 5.75 Å². The standard InChI is InChI=1S/C17H20F4O/c1-10(2)12-13(18)14(19)15(20)16(21)17(12)22-11-8-6-4-3-5-7-9-11/h3-4,10-11H,5-9H2,1-2H3/b4-3-. The van der Waals surface area contributed by atoms with Crippen LogP contribution in [0.15, 0.2) is 12.2 Å². The van der Waals surface area contributed by atoms with Crippen LogP contribution in [0.1, 0.15) is 57.4 Å². The molecule has 22 heavy (non-hydrogen) atoms. The van der Waals surface area contributed by atoms with Gasteiger partial charge in [0.05, 0.1) is 6.10 Å². The van der Waals surface area contributed by atoms with E-state index in [2.05, 4.69) is 6.08 Å². The minimum Gasteiger partial charge on any atom is -0.487 e. The van der Waals surface area contributed by atoms with Gasteiger partial charge in [-0.3, -0.25) is 0 Å². The first kappa shape index (κ1) is 16.8. The highest BCUT2D eigenvalue weighted by Gasteiger charge is 2.29. The molecule has 0 aliphatic heterocycles. The average Bonchev–Trinajstić information content (AvgIpc) is 2.44. The lowest BCUT2D eigenvalue weighted by Crippen LogP contribution is -2.20. The molecule has 0 radical (unpaired) electrons. The molecule has 0 bridgehead atoms. The number of allylic oxidation sites excluding steroid dienone is 2. The zero-order valence-corrected chi connectivity index (χ0v) is 12.8. The van der Waals surface area contributed by atoms with E-state index in [0.717, 1.165) is 19.3 Å². The Morgan fingerprint density at radius 1 is 0.909 bits per heavy atom. The number of hydrogen-bond acceptors (Lipinski definition) is 1. The Balaban J connectivity index is 2.38. The van der Waals surface area contributed by atoms with Gasteiger partial charge in [0.2, 0.25) is 11.6 Å². The van der Waals surface area contributed by atoms with Crippen LogP contribution in [0.4, 0.5) is 17.6 Å². The zero-order valence-electron chi connectivity index (χ0n) is 12.8. The van der Waals surface area contributed by atoms with E-state index >= 15 is 0 Å².